The number of hydrogen-bond donors (Lipinski definition) is 0. The third kappa shape index (κ3) is 4.84. The van der Waals surface area contributed by atoms with Crippen LogP contribution in [0.15, 0.2) is 30.3 Å². The third-order valence-corrected chi connectivity index (χ3v) is 5.97. The number of carbonyl (C=O) groups is 1. The average Bonchev–Trinajstić information content (AvgIpc) is 2.90. The van der Waals surface area contributed by atoms with E-state index in [2.05, 4.69) is 0 Å². The predicted molar refractivity (Wildman–Crippen MR) is 98.9 cm³/mol. The molecule has 0 spiro atoms. The number of benzene rings is 1. The van der Waals surface area contributed by atoms with Crippen LogP contribution in [0.4, 0.5) is 5.69 Å². The third-order valence-electron chi connectivity index (χ3n) is 4.22. The highest BCUT2D eigenvalue weighted by atomic mass is 32.2. The normalized spacial score (nSPS) is 19.5. The van der Waals surface area contributed by atoms with E-state index >= 15 is 0 Å². The summed E-state index contributed by atoms with van der Waals surface area (Å²) in [5.41, 5.74) is 2.05. The maximum atomic E-state index is 12.5. The second-order valence-electron chi connectivity index (χ2n) is 6.41. The molecule has 1 aliphatic heterocycles. The van der Waals surface area contributed by atoms with E-state index in [9.17, 15) is 13.2 Å². The molecule has 1 aromatic rings. The summed E-state index contributed by atoms with van der Waals surface area (Å²) in [6.45, 7) is 2.58. The van der Waals surface area contributed by atoms with Crippen molar-refractivity contribution < 1.29 is 13.2 Å². The summed E-state index contributed by atoms with van der Waals surface area (Å²) < 4.78 is 23.4. The molecule has 1 unspecified atom stereocenters. The highest BCUT2D eigenvalue weighted by molar-refractivity contribution is 7.91. The Morgan fingerprint density at radius 1 is 1.25 bits per heavy atom. The van der Waals surface area contributed by atoms with Crippen LogP contribution >= 0.6 is 0 Å². The van der Waals surface area contributed by atoms with Gasteiger partial charge in [-0.3, -0.25) is 4.79 Å². The Balaban J connectivity index is 2.07. The molecule has 1 atom stereocenters. The molecular weight excluding hydrogens is 324 g/mol. The lowest BCUT2D eigenvalue weighted by Crippen LogP contribution is -2.40. The van der Waals surface area contributed by atoms with Gasteiger partial charge in [-0.1, -0.05) is 19.1 Å². The van der Waals surface area contributed by atoms with Crippen molar-refractivity contribution in [1.82, 2.24) is 4.90 Å². The van der Waals surface area contributed by atoms with E-state index in [4.69, 9.17) is 0 Å². The van der Waals surface area contributed by atoms with E-state index in [0.717, 1.165) is 17.7 Å². The van der Waals surface area contributed by atoms with E-state index in [1.165, 1.54) is 0 Å². The Bertz CT molecular complexity index is 693. The van der Waals surface area contributed by atoms with Crippen LogP contribution < -0.4 is 4.90 Å². The summed E-state index contributed by atoms with van der Waals surface area (Å²) in [6.07, 6.45) is 4.69. The van der Waals surface area contributed by atoms with Crippen LogP contribution in [0.1, 0.15) is 25.3 Å². The van der Waals surface area contributed by atoms with Crippen molar-refractivity contribution in [1.29, 1.82) is 0 Å². The number of rotatable bonds is 6. The molecule has 5 nitrogen and oxygen atoms in total. The number of hydrogen-bond acceptors (Lipinski definition) is 4. The lowest BCUT2D eigenvalue weighted by Gasteiger charge is -2.26. The lowest BCUT2D eigenvalue weighted by molar-refractivity contribution is -0.127. The minimum absolute atomic E-state index is 0.0874. The molecule has 0 radical (unpaired) electrons. The Hall–Kier alpha value is -1.82. The van der Waals surface area contributed by atoms with Crippen molar-refractivity contribution in [2.45, 2.75) is 25.8 Å². The molecular formula is C18H26N2O3S. The van der Waals surface area contributed by atoms with E-state index in [0.29, 0.717) is 13.0 Å². The van der Waals surface area contributed by atoms with Gasteiger partial charge in [0.15, 0.2) is 9.84 Å². The summed E-state index contributed by atoms with van der Waals surface area (Å²) in [5, 5.41) is 0. The van der Waals surface area contributed by atoms with Crippen molar-refractivity contribution in [3.63, 3.8) is 0 Å². The maximum Gasteiger partial charge on any atom is 0.246 e. The van der Waals surface area contributed by atoms with E-state index in [1.54, 1.807) is 17.1 Å². The Morgan fingerprint density at radius 3 is 2.42 bits per heavy atom. The lowest BCUT2D eigenvalue weighted by atomic mass is 10.1. The highest BCUT2D eigenvalue weighted by Gasteiger charge is 2.33. The van der Waals surface area contributed by atoms with Gasteiger partial charge in [0.25, 0.3) is 0 Å². The number of sulfone groups is 1. The Morgan fingerprint density at radius 2 is 1.92 bits per heavy atom. The summed E-state index contributed by atoms with van der Waals surface area (Å²) >= 11 is 0. The van der Waals surface area contributed by atoms with Crippen molar-refractivity contribution in [3.8, 4) is 0 Å². The molecule has 1 aromatic carbocycles. The van der Waals surface area contributed by atoms with Crippen LogP contribution in [0.5, 0.6) is 0 Å². The topological polar surface area (TPSA) is 57.7 Å². The highest BCUT2D eigenvalue weighted by Crippen LogP contribution is 2.19. The van der Waals surface area contributed by atoms with Gasteiger partial charge in [0, 0.05) is 38.4 Å². The Kier molecular flexibility index (Phi) is 6.04. The number of carbonyl (C=O) groups excluding carboxylic acids is 1. The summed E-state index contributed by atoms with van der Waals surface area (Å²) in [5.74, 6) is 0.154. The van der Waals surface area contributed by atoms with Gasteiger partial charge >= 0.3 is 0 Å². The number of nitrogens with zero attached hydrogens (tertiary/aromatic N) is 2. The van der Waals surface area contributed by atoms with E-state index in [1.807, 2.05) is 50.2 Å². The van der Waals surface area contributed by atoms with Crippen LogP contribution in [-0.4, -0.2) is 57.4 Å². The fourth-order valence-electron chi connectivity index (χ4n) is 2.88. The fraction of sp³-hybridized carbons (Fsp3) is 0.500. The first kappa shape index (κ1) is 18.5. The van der Waals surface area contributed by atoms with Gasteiger partial charge in [0.05, 0.1) is 11.5 Å². The van der Waals surface area contributed by atoms with Crippen LogP contribution in [-0.2, 0) is 14.6 Å². The van der Waals surface area contributed by atoms with Gasteiger partial charge in [0.2, 0.25) is 5.91 Å². The molecule has 0 aromatic heterocycles. The molecule has 0 bridgehead atoms. The second kappa shape index (κ2) is 7.83. The quantitative estimate of drug-likeness (QED) is 0.738. The molecule has 1 saturated heterocycles. The molecule has 6 heteroatoms. The molecule has 2 rings (SSSR count). The largest absolute Gasteiger partial charge is 0.378 e. The van der Waals surface area contributed by atoms with Gasteiger partial charge in [-0.25, -0.2) is 8.42 Å². The maximum absolute atomic E-state index is 12.5. The first-order valence-corrected chi connectivity index (χ1v) is 10.1. The van der Waals surface area contributed by atoms with Crippen LogP contribution in [0.25, 0.3) is 6.08 Å². The van der Waals surface area contributed by atoms with Crippen molar-refractivity contribution >= 4 is 27.5 Å². The van der Waals surface area contributed by atoms with E-state index in [-0.39, 0.29) is 23.5 Å². The molecule has 24 heavy (non-hydrogen) atoms. The zero-order chi connectivity index (χ0) is 17.7. The van der Waals surface area contributed by atoms with Crippen molar-refractivity contribution in [2.75, 3.05) is 37.0 Å². The van der Waals surface area contributed by atoms with Crippen LogP contribution in [0.2, 0.25) is 0 Å². The van der Waals surface area contributed by atoms with E-state index < -0.39 is 9.84 Å². The number of anilines is 1. The van der Waals surface area contributed by atoms with Crippen molar-refractivity contribution in [2.24, 2.45) is 0 Å². The summed E-state index contributed by atoms with van der Waals surface area (Å²) in [4.78, 5) is 16.2. The molecule has 1 aliphatic rings. The van der Waals surface area contributed by atoms with Gasteiger partial charge in [-0.05, 0) is 36.6 Å². The predicted octanol–water partition coefficient (Wildman–Crippen LogP) is 2.19. The molecule has 0 aliphatic carbocycles. The monoisotopic (exact) mass is 350 g/mol. The van der Waals surface area contributed by atoms with Crippen LogP contribution in [0.3, 0.4) is 0 Å². The summed E-state index contributed by atoms with van der Waals surface area (Å²) in [6, 6.07) is 7.73. The number of amides is 1. The van der Waals surface area contributed by atoms with Crippen LogP contribution in [0, 0.1) is 0 Å². The summed E-state index contributed by atoms with van der Waals surface area (Å²) in [7, 11) is 0.963. The molecule has 132 valence electrons. The standard InChI is InChI=1S/C18H26N2O3S/c1-4-12-20(17-11-13-24(22,23)14-17)18(21)10-7-15-5-8-16(9-6-15)19(2)3/h5-10,17H,4,11-14H2,1-3H3/b10-7+. The molecule has 1 heterocycles. The first-order valence-electron chi connectivity index (χ1n) is 8.29. The minimum Gasteiger partial charge on any atom is -0.378 e. The molecule has 1 amide bonds. The zero-order valence-corrected chi connectivity index (χ0v) is 15.4. The van der Waals surface area contributed by atoms with Gasteiger partial charge < -0.3 is 9.80 Å². The van der Waals surface area contributed by atoms with Gasteiger partial charge in [-0.15, -0.1) is 0 Å². The fourth-order valence-corrected chi connectivity index (χ4v) is 4.61. The van der Waals surface area contributed by atoms with Crippen molar-refractivity contribution in [3.05, 3.63) is 35.9 Å². The molecule has 0 saturated carbocycles. The smallest absolute Gasteiger partial charge is 0.246 e. The average molecular weight is 350 g/mol. The first-order chi connectivity index (χ1) is 11.3. The van der Waals surface area contributed by atoms with Gasteiger partial charge in [0.1, 0.15) is 0 Å². The zero-order valence-electron chi connectivity index (χ0n) is 14.6. The SMILES string of the molecule is CCCN(C(=O)/C=C/c1ccc(N(C)C)cc1)C1CCS(=O)(=O)C1. The molecule has 0 N–H and O–H groups in total. The second-order valence-corrected chi connectivity index (χ2v) is 8.64. The Labute approximate surface area is 144 Å². The molecule has 1 fully saturated rings. The minimum atomic E-state index is -2.99. The van der Waals surface area contributed by atoms with Gasteiger partial charge in [-0.2, -0.15) is 0 Å².